The Morgan fingerprint density at radius 3 is 2.44 bits per heavy atom. The second-order valence-corrected chi connectivity index (χ2v) is 4.92. The Morgan fingerprint density at radius 2 is 2.00 bits per heavy atom. The summed E-state index contributed by atoms with van der Waals surface area (Å²) in [5.41, 5.74) is 5.81. The molecule has 16 heavy (non-hydrogen) atoms. The Bertz CT molecular complexity index is 242. The molecule has 2 atom stereocenters. The SMILES string of the molecule is Cl.N[C@@H](CC1CCC1)C(O)C(=O)NC1CC1. The summed E-state index contributed by atoms with van der Waals surface area (Å²) >= 11 is 0. The molecule has 0 aromatic heterocycles. The second-order valence-electron chi connectivity index (χ2n) is 4.92. The van der Waals surface area contributed by atoms with Crippen molar-refractivity contribution in [2.45, 2.75) is 56.7 Å². The van der Waals surface area contributed by atoms with Crippen molar-refractivity contribution in [2.24, 2.45) is 11.7 Å². The number of hydrogen-bond acceptors (Lipinski definition) is 3. The number of carbonyl (C=O) groups is 1. The third kappa shape index (κ3) is 3.61. The molecule has 0 bridgehead atoms. The van der Waals surface area contributed by atoms with Crippen molar-refractivity contribution in [2.75, 3.05) is 0 Å². The molecule has 2 aliphatic carbocycles. The van der Waals surface area contributed by atoms with Crippen molar-refractivity contribution in [3.8, 4) is 0 Å². The Kier molecular flexibility index (Phi) is 5.02. The van der Waals surface area contributed by atoms with Crippen molar-refractivity contribution in [1.29, 1.82) is 0 Å². The molecular weight excluding hydrogens is 228 g/mol. The predicted octanol–water partition coefficient (Wildman–Crippen LogP) is 0.565. The zero-order valence-corrected chi connectivity index (χ0v) is 10.2. The summed E-state index contributed by atoms with van der Waals surface area (Å²) in [4.78, 5) is 11.5. The quantitative estimate of drug-likeness (QED) is 0.666. The molecule has 2 fully saturated rings. The highest BCUT2D eigenvalue weighted by molar-refractivity contribution is 5.85. The van der Waals surface area contributed by atoms with Crippen LogP contribution in [0.1, 0.15) is 38.5 Å². The second kappa shape index (κ2) is 5.84. The van der Waals surface area contributed by atoms with Crippen molar-refractivity contribution >= 4 is 18.3 Å². The fourth-order valence-corrected chi connectivity index (χ4v) is 1.95. The molecule has 0 aromatic rings. The van der Waals surface area contributed by atoms with Gasteiger partial charge in [-0.15, -0.1) is 12.4 Å². The molecular formula is C11H21ClN2O2. The van der Waals surface area contributed by atoms with Gasteiger partial charge in [-0.05, 0) is 25.2 Å². The van der Waals surface area contributed by atoms with Gasteiger partial charge in [-0.3, -0.25) is 4.79 Å². The molecule has 0 saturated heterocycles. The third-order valence-corrected chi connectivity index (χ3v) is 3.43. The Balaban J connectivity index is 0.00000128. The maximum Gasteiger partial charge on any atom is 0.250 e. The maximum atomic E-state index is 11.5. The summed E-state index contributed by atoms with van der Waals surface area (Å²) in [5, 5.41) is 12.5. The normalized spacial score (nSPS) is 23.9. The molecule has 0 radical (unpaired) electrons. The molecule has 4 nitrogen and oxygen atoms in total. The molecule has 2 rings (SSSR count). The first-order valence-electron chi connectivity index (χ1n) is 5.91. The van der Waals surface area contributed by atoms with Crippen LogP contribution in [0.2, 0.25) is 0 Å². The van der Waals surface area contributed by atoms with Crippen molar-refractivity contribution in [3.05, 3.63) is 0 Å². The molecule has 1 amide bonds. The van der Waals surface area contributed by atoms with Gasteiger partial charge in [0.15, 0.2) is 0 Å². The van der Waals surface area contributed by atoms with Gasteiger partial charge in [-0.1, -0.05) is 19.3 Å². The van der Waals surface area contributed by atoms with Crippen LogP contribution in [0.3, 0.4) is 0 Å². The standard InChI is InChI=1S/C11H20N2O2.ClH/c12-9(6-7-2-1-3-7)10(14)11(15)13-8-4-5-8;/h7-10,14H,1-6,12H2,(H,13,15);1H/t9-,10?;/m0./s1. The highest BCUT2D eigenvalue weighted by Crippen LogP contribution is 2.30. The smallest absolute Gasteiger partial charge is 0.250 e. The van der Waals surface area contributed by atoms with Gasteiger partial charge in [0, 0.05) is 12.1 Å². The largest absolute Gasteiger partial charge is 0.382 e. The lowest BCUT2D eigenvalue weighted by Gasteiger charge is -2.29. The summed E-state index contributed by atoms with van der Waals surface area (Å²) < 4.78 is 0. The minimum Gasteiger partial charge on any atom is -0.382 e. The number of aliphatic hydroxyl groups excluding tert-OH is 1. The first-order valence-corrected chi connectivity index (χ1v) is 5.91. The van der Waals surface area contributed by atoms with Crippen LogP contribution in [0.15, 0.2) is 0 Å². The van der Waals surface area contributed by atoms with Gasteiger partial charge in [-0.2, -0.15) is 0 Å². The van der Waals surface area contributed by atoms with E-state index in [1.165, 1.54) is 19.3 Å². The Hall–Kier alpha value is -0.320. The number of rotatable bonds is 5. The van der Waals surface area contributed by atoms with Crippen LogP contribution < -0.4 is 11.1 Å². The molecule has 0 aromatic carbocycles. The van der Waals surface area contributed by atoms with E-state index in [0.29, 0.717) is 12.0 Å². The molecule has 94 valence electrons. The lowest BCUT2D eigenvalue weighted by Crippen LogP contribution is -2.48. The number of nitrogens with two attached hydrogens (primary N) is 1. The molecule has 0 spiro atoms. The molecule has 2 saturated carbocycles. The zero-order valence-electron chi connectivity index (χ0n) is 9.39. The molecule has 5 heteroatoms. The summed E-state index contributed by atoms with van der Waals surface area (Å²) in [6.07, 6.45) is 5.49. The molecule has 0 aliphatic heterocycles. The molecule has 1 unspecified atom stereocenters. The summed E-state index contributed by atoms with van der Waals surface area (Å²) in [6.45, 7) is 0. The molecule has 4 N–H and O–H groups in total. The number of nitrogens with one attached hydrogen (secondary N) is 1. The van der Waals surface area contributed by atoms with E-state index in [0.717, 1.165) is 19.3 Å². The van der Waals surface area contributed by atoms with Crippen molar-refractivity contribution < 1.29 is 9.90 Å². The van der Waals surface area contributed by atoms with Crippen LogP contribution in [-0.2, 0) is 4.79 Å². The minimum absolute atomic E-state index is 0. The van der Waals surface area contributed by atoms with E-state index in [9.17, 15) is 9.90 Å². The Labute approximate surface area is 102 Å². The van der Waals surface area contributed by atoms with Crippen LogP contribution in [-0.4, -0.2) is 29.2 Å². The summed E-state index contributed by atoms with van der Waals surface area (Å²) in [6, 6.07) is -0.0999. The molecule has 2 aliphatic rings. The fourth-order valence-electron chi connectivity index (χ4n) is 1.95. The zero-order chi connectivity index (χ0) is 10.8. The first-order chi connectivity index (χ1) is 7.16. The average molecular weight is 249 g/mol. The van der Waals surface area contributed by atoms with E-state index < -0.39 is 12.1 Å². The van der Waals surface area contributed by atoms with E-state index in [4.69, 9.17) is 5.73 Å². The first kappa shape index (κ1) is 13.7. The van der Waals surface area contributed by atoms with Crippen molar-refractivity contribution in [1.82, 2.24) is 5.32 Å². The minimum atomic E-state index is -1.02. The van der Waals surface area contributed by atoms with Gasteiger partial charge in [0.1, 0.15) is 6.10 Å². The van der Waals surface area contributed by atoms with Gasteiger partial charge < -0.3 is 16.2 Å². The van der Waals surface area contributed by atoms with E-state index >= 15 is 0 Å². The Morgan fingerprint density at radius 1 is 1.38 bits per heavy atom. The van der Waals surface area contributed by atoms with Gasteiger partial charge in [0.2, 0.25) is 0 Å². The number of aliphatic hydroxyl groups is 1. The topological polar surface area (TPSA) is 75.3 Å². The van der Waals surface area contributed by atoms with E-state index in [1.54, 1.807) is 0 Å². The van der Waals surface area contributed by atoms with Crippen LogP contribution in [0.25, 0.3) is 0 Å². The molecule has 0 heterocycles. The average Bonchev–Trinajstić information content (AvgIpc) is 2.93. The van der Waals surface area contributed by atoms with Crippen LogP contribution >= 0.6 is 12.4 Å². The summed E-state index contributed by atoms with van der Waals surface area (Å²) in [7, 11) is 0. The number of carbonyl (C=O) groups excluding carboxylic acids is 1. The highest BCUT2D eigenvalue weighted by Gasteiger charge is 2.31. The van der Waals surface area contributed by atoms with Crippen LogP contribution in [0.4, 0.5) is 0 Å². The number of amides is 1. The fraction of sp³-hybridized carbons (Fsp3) is 0.909. The van der Waals surface area contributed by atoms with E-state index in [2.05, 4.69) is 5.32 Å². The predicted molar refractivity (Wildman–Crippen MR) is 64.4 cm³/mol. The highest BCUT2D eigenvalue weighted by atomic mass is 35.5. The lowest BCUT2D eigenvalue weighted by atomic mass is 9.80. The van der Waals surface area contributed by atoms with Crippen molar-refractivity contribution in [3.63, 3.8) is 0 Å². The van der Waals surface area contributed by atoms with Crippen LogP contribution in [0.5, 0.6) is 0 Å². The number of halogens is 1. The van der Waals surface area contributed by atoms with Gasteiger partial charge >= 0.3 is 0 Å². The van der Waals surface area contributed by atoms with Crippen LogP contribution in [0, 0.1) is 5.92 Å². The maximum absolute atomic E-state index is 11.5. The van der Waals surface area contributed by atoms with E-state index in [1.807, 2.05) is 0 Å². The van der Waals surface area contributed by atoms with Gasteiger partial charge in [0.05, 0.1) is 0 Å². The van der Waals surface area contributed by atoms with E-state index in [-0.39, 0.29) is 18.3 Å². The van der Waals surface area contributed by atoms with Gasteiger partial charge in [0.25, 0.3) is 5.91 Å². The number of hydrogen-bond donors (Lipinski definition) is 3. The summed E-state index contributed by atoms with van der Waals surface area (Å²) in [5.74, 6) is 0.340. The van der Waals surface area contributed by atoms with Gasteiger partial charge in [-0.25, -0.2) is 0 Å². The lowest BCUT2D eigenvalue weighted by molar-refractivity contribution is -0.130. The third-order valence-electron chi connectivity index (χ3n) is 3.43. The monoisotopic (exact) mass is 248 g/mol.